The first-order valence-corrected chi connectivity index (χ1v) is 17.1. The van der Waals surface area contributed by atoms with E-state index in [-0.39, 0.29) is 44.9 Å². The summed E-state index contributed by atoms with van der Waals surface area (Å²) in [5, 5.41) is 4.62. The van der Waals surface area contributed by atoms with Crippen LogP contribution in [0.25, 0.3) is 33.4 Å². The van der Waals surface area contributed by atoms with Gasteiger partial charge in [0.15, 0.2) is 0 Å². The zero-order chi connectivity index (χ0) is 33.0. The summed E-state index contributed by atoms with van der Waals surface area (Å²) in [5.74, 6) is 0.552. The monoisotopic (exact) mass is 677 g/mol. The van der Waals surface area contributed by atoms with Crippen LogP contribution in [0.2, 0.25) is 0 Å². The second kappa shape index (κ2) is 13.0. The Bertz CT molecular complexity index is 2410. The molecule has 1 aliphatic carbocycles. The normalized spacial score (nSPS) is 12.3. The van der Waals surface area contributed by atoms with Gasteiger partial charge in [0.2, 0.25) is 0 Å². The molecule has 3 N–H and O–H groups in total. The smallest absolute Gasteiger partial charge is 0.456 e. The summed E-state index contributed by atoms with van der Waals surface area (Å²) in [6.07, 6.45) is 0. The zero-order valence-electron chi connectivity index (χ0n) is 26.4. The molecule has 234 valence electrons. The van der Waals surface area contributed by atoms with E-state index in [2.05, 4.69) is 5.32 Å². The van der Waals surface area contributed by atoms with E-state index in [4.69, 9.17) is 9.41 Å². The van der Waals surface area contributed by atoms with Gasteiger partial charge in [0.25, 0.3) is 20.2 Å². The van der Waals surface area contributed by atoms with Crippen LogP contribution in [0, 0.1) is 27.7 Å². The Morgan fingerprint density at radius 3 is 1.98 bits per heavy atom. The molecule has 47 heavy (non-hydrogen) atoms. The van der Waals surface area contributed by atoms with Gasteiger partial charge in [0.1, 0.15) is 16.2 Å². The largest absolute Gasteiger partial charge is 1.00 e. The van der Waals surface area contributed by atoms with E-state index in [0.717, 1.165) is 22.4 Å². The van der Waals surface area contributed by atoms with Gasteiger partial charge >= 0.3 is 29.6 Å². The molecular weight excluding hydrogens is 648 g/mol. The van der Waals surface area contributed by atoms with Gasteiger partial charge in [0, 0.05) is 40.0 Å². The molecule has 12 heteroatoms. The van der Waals surface area contributed by atoms with E-state index in [1.54, 1.807) is 38.1 Å². The molecule has 4 aromatic carbocycles. The van der Waals surface area contributed by atoms with E-state index >= 15 is 0 Å². The van der Waals surface area contributed by atoms with Gasteiger partial charge in [-0.1, -0.05) is 36.4 Å². The Morgan fingerprint density at radius 1 is 0.681 bits per heavy atom. The fraction of sp³-hybridized carbons (Fsp3) is 0.114. The molecule has 9 nitrogen and oxygen atoms in total. The number of hydrogen-bond acceptors (Lipinski definition) is 7. The number of anilines is 2. The molecule has 0 spiro atoms. The van der Waals surface area contributed by atoms with Crippen molar-refractivity contribution in [1.82, 2.24) is 0 Å². The number of para-hydroxylation sites is 1. The Balaban J connectivity index is 0.00000433. The first kappa shape index (κ1) is 34.5. The second-order valence-corrected chi connectivity index (χ2v) is 14.1. The Kier molecular flexibility index (Phi) is 9.55. The Morgan fingerprint density at radius 2 is 1.34 bits per heavy atom. The van der Waals surface area contributed by atoms with Crippen LogP contribution in [0.15, 0.2) is 110 Å². The Labute approximate surface area is 295 Å². The molecule has 4 aromatic rings. The molecular formula is C35H30N2NaO7S2+. The molecule has 0 aromatic heterocycles. The summed E-state index contributed by atoms with van der Waals surface area (Å²) in [7, 11) is -8.99. The molecule has 6 rings (SSSR count). The summed E-state index contributed by atoms with van der Waals surface area (Å²) in [5.41, 5.74) is 7.11. The van der Waals surface area contributed by atoms with Gasteiger partial charge in [-0.3, -0.25) is 9.11 Å². The second-order valence-electron chi connectivity index (χ2n) is 11.3. The molecule has 1 heterocycles. The molecule has 0 unspecified atom stereocenters. The summed E-state index contributed by atoms with van der Waals surface area (Å²) in [6, 6.07) is 25.9. The maximum Gasteiger partial charge on any atom is 1.00 e. The van der Waals surface area contributed by atoms with Crippen LogP contribution in [0.5, 0.6) is 0 Å². The SMILES string of the molecule is Cc1cccc(C)c1N=c1ccc2cc3c(-c4ccccc4S(=O)(=O)O)cc(Nc4c(C)cc(S(=O)(=O)O)cc4C)cc3oc-2c1.[Na+]. The topological polar surface area (TPSA) is 146 Å². The van der Waals surface area contributed by atoms with Crippen LogP contribution < -0.4 is 40.2 Å². The van der Waals surface area contributed by atoms with Gasteiger partial charge in [-0.25, -0.2) is 4.99 Å². The van der Waals surface area contributed by atoms with Crippen LogP contribution in [0.1, 0.15) is 22.3 Å². The summed E-state index contributed by atoms with van der Waals surface area (Å²) in [4.78, 5) is 4.38. The minimum absolute atomic E-state index is 0. The fourth-order valence-electron chi connectivity index (χ4n) is 5.67. The molecule has 0 saturated carbocycles. The van der Waals surface area contributed by atoms with Crippen LogP contribution in [0.3, 0.4) is 0 Å². The van der Waals surface area contributed by atoms with Crippen molar-refractivity contribution < 1.29 is 59.9 Å². The van der Waals surface area contributed by atoms with Gasteiger partial charge < -0.3 is 9.73 Å². The van der Waals surface area contributed by atoms with Crippen LogP contribution in [-0.4, -0.2) is 25.9 Å². The third-order valence-electron chi connectivity index (χ3n) is 7.87. The summed E-state index contributed by atoms with van der Waals surface area (Å²) < 4.78 is 74.5. The van der Waals surface area contributed by atoms with Gasteiger partial charge in [0.05, 0.1) is 15.9 Å². The van der Waals surface area contributed by atoms with Gasteiger partial charge in [-0.15, -0.1) is 0 Å². The number of nitrogens with zero attached hydrogens (tertiary/aromatic N) is 1. The molecule has 0 atom stereocenters. The van der Waals surface area contributed by atoms with Crippen molar-refractivity contribution in [1.29, 1.82) is 0 Å². The average Bonchev–Trinajstić information content (AvgIpc) is 2.98. The standard InChI is InChI=1S/C35H30N2O7S2.Na/c1-20-8-7-9-21(2)34(20)36-25-13-12-24-16-30-29(28-10-5-6-11-33(28)46(41,42)43)17-26(19-32(30)44-31(24)18-25)37-35-22(3)14-27(15-23(35)4)45(38,39)40;/h5-19,37H,1-4H3,(H,38,39,40)(H,41,42,43);/q;+1. The van der Waals surface area contributed by atoms with E-state index in [0.29, 0.717) is 50.2 Å². The summed E-state index contributed by atoms with van der Waals surface area (Å²) in [6.45, 7) is 7.42. The first-order chi connectivity index (χ1) is 21.7. The van der Waals surface area contributed by atoms with Crippen molar-refractivity contribution in [3.8, 4) is 22.5 Å². The van der Waals surface area contributed by atoms with E-state index in [9.17, 15) is 25.9 Å². The minimum atomic E-state index is -4.58. The first-order valence-electron chi connectivity index (χ1n) is 14.2. The fourth-order valence-corrected chi connectivity index (χ4v) is 7.03. The number of benzene rings is 5. The van der Waals surface area contributed by atoms with Crippen molar-refractivity contribution in [3.63, 3.8) is 0 Å². The predicted molar refractivity (Wildman–Crippen MR) is 178 cm³/mol. The number of rotatable bonds is 6. The average molecular weight is 678 g/mol. The Hall–Kier alpha value is -3.81. The maximum atomic E-state index is 12.4. The maximum absolute atomic E-state index is 12.4. The van der Waals surface area contributed by atoms with Crippen molar-refractivity contribution >= 4 is 48.3 Å². The molecule has 0 saturated heterocycles. The van der Waals surface area contributed by atoms with E-state index < -0.39 is 20.2 Å². The van der Waals surface area contributed by atoms with Crippen LogP contribution in [-0.2, 0) is 20.2 Å². The number of fused-ring (bicyclic) bond motifs is 2. The molecule has 0 fully saturated rings. The predicted octanol–water partition coefficient (Wildman–Crippen LogP) is 4.91. The van der Waals surface area contributed by atoms with Crippen LogP contribution >= 0.6 is 0 Å². The van der Waals surface area contributed by atoms with Crippen molar-refractivity contribution in [2.24, 2.45) is 4.99 Å². The molecule has 0 amide bonds. The van der Waals surface area contributed by atoms with Crippen molar-refractivity contribution in [3.05, 3.63) is 119 Å². The molecule has 0 bridgehead atoms. The third kappa shape index (κ3) is 7.07. The van der Waals surface area contributed by atoms with Crippen molar-refractivity contribution in [2.75, 3.05) is 5.32 Å². The van der Waals surface area contributed by atoms with E-state index in [1.807, 2.05) is 56.3 Å². The minimum Gasteiger partial charge on any atom is -0.456 e. The quantitative estimate of drug-likeness (QED) is 0.128. The van der Waals surface area contributed by atoms with Gasteiger partial charge in [-0.05, 0) is 98.0 Å². The van der Waals surface area contributed by atoms with E-state index in [1.165, 1.54) is 24.3 Å². The number of hydrogen-bond donors (Lipinski definition) is 3. The van der Waals surface area contributed by atoms with Crippen molar-refractivity contribution in [2.45, 2.75) is 37.5 Å². The zero-order valence-corrected chi connectivity index (χ0v) is 30.0. The number of nitrogens with one attached hydrogen (secondary N) is 1. The molecule has 0 radical (unpaired) electrons. The van der Waals surface area contributed by atoms with Gasteiger partial charge in [-0.2, -0.15) is 16.8 Å². The molecule has 1 aliphatic heterocycles. The summed E-state index contributed by atoms with van der Waals surface area (Å²) >= 11 is 0. The molecule has 2 aliphatic rings. The van der Waals surface area contributed by atoms with Crippen LogP contribution in [0.4, 0.5) is 17.1 Å². The third-order valence-corrected chi connectivity index (χ3v) is 9.61. The number of aryl methyl sites for hydroxylation is 4.